The van der Waals surface area contributed by atoms with Gasteiger partial charge in [0.15, 0.2) is 5.13 Å². The molecule has 2 amide bonds. The van der Waals surface area contributed by atoms with Gasteiger partial charge in [0.05, 0.1) is 12.8 Å². The number of hydrogen-bond donors (Lipinski definition) is 3. The lowest BCUT2D eigenvalue weighted by Crippen LogP contribution is -2.43. The molecule has 35 heavy (non-hydrogen) atoms. The van der Waals surface area contributed by atoms with Crippen LogP contribution in [0.2, 0.25) is 0 Å². The van der Waals surface area contributed by atoms with Crippen LogP contribution in [0, 0.1) is 5.82 Å². The number of carbonyl (C=O) groups is 1. The van der Waals surface area contributed by atoms with Crippen LogP contribution < -0.4 is 20.7 Å². The van der Waals surface area contributed by atoms with Crippen LogP contribution in [0.1, 0.15) is 36.2 Å². The number of halogens is 1. The molecule has 0 aliphatic carbocycles. The van der Waals surface area contributed by atoms with Crippen molar-refractivity contribution in [1.29, 1.82) is 0 Å². The maximum Gasteiger partial charge on any atom is 0.321 e. The molecule has 0 bridgehead atoms. The molecule has 9 heteroatoms. The Morgan fingerprint density at radius 3 is 2.63 bits per heavy atom. The number of piperazine rings is 1. The van der Waals surface area contributed by atoms with Gasteiger partial charge in [-0.2, -0.15) is 0 Å². The molecular weight excluding hydrogens is 465 g/mol. The first-order valence-corrected chi connectivity index (χ1v) is 12.6. The number of benzene rings is 2. The lowest BCUT2D eigenvalue weighted by Gasteiger charge is -2.27. The van der Waals surface area contributed by atoms with E-state index in [1.807, 2.05) is 35.7 Å². The van der Waals surface area contributed by atoms with Crippen molar-refractivity contribution in [3.05, 3.63) is 76.0 Å². The smallest absolute Gasteiger partial charge is 0.321 e. The van der Waals surface area contributed by atoms with Gasteiger partial charge in [-0.05, 0) is 29.3 Å². The molecule has 0 spiro atoms. The van der Waals surface area contributed by atoms with Gasteiger partial charge < -0.3 is 15.4 Å². The molecule has 1 fully saturated rings. The number of carbonyl (C=O) groups excluding carboxylic acids is 1. The highest BCUT2D eigenvalue weighted by molar-refractivity contribution is 7.13. The van der Waals surface area contributed by atoms with Crippen molar-refractivity contribution in [2.24, 2.45) is 0 Å². The summed E-state index contributed by atoms with van der Waals surface area (Å²) in [5.74, 6) is 0.560. The number of ether oxygens (including phenoxy) is 1. The third-order valence-electron chi connectivity index (χ3n) is 6.35. The maximum atomic E-state index is 14.6. The first kappa shape index (κ1) is 25.1. The van der Waals surface area contributed by atoms with Crippen molar-refractivity contribution in [2.75, 3.05) is 38.6 Å². The number of urea groups is 1. The van der Waals surface area contributed by atoms with E-state index in [1.54, 1.807) is 13.2 Å². The van der Waals surface area contributed by atoms with Gasteiger partial charge in [-0.3, -0.25) is 10.2 Å². The Hall–Kier alpha value is -3.01. The minimum absolute atomic E-state index is 0.228. The first-order valence-electron chi connectivity index (χ1n) is 11.7. The van der Waals surface area contributed by atoms with E-state index in [9.17, 15) is 9.18 Å². The van der Waals surface area contributed by atoms with E-state index in [2.05, 4.69) is 39.7 Å². The monoisotopic (exact) mass is 497 g/mol. The van der Waals surface area contributed by atoms with Gasteiger partial charge in [0.1, 0.15) is 11.6 Å². The summed E-state index contributed by atoms with van der Waals surface area (Å²) in [7, 11) is 1.64. The fraction of sp³-hybridized carbons (Fsp3) is 0.385. The van der Waals surface area contributed by atoms with Crippen molar-refractivity contribution in [3.63, 3.8) is 0 Å². The molecule has 0 unspecified atom stereocenters. The summed E-state index contributed by atoms with van der Waals surface area (Å²) in [4.78, 5) is 19.3. The highest BCUT2D eigenvalue weighted by atomic mass is 32.1. The highest BCUT2D eigenvalue weighted by Gasteiger charge is 2.26. The Morgan fingerprint density at radius 1 is 1.20 bits per heavy atom. The van der Waals surface area contributed by atoms with Gasteiger partial charge in [-0.15, -0.1) is 11.3 Å². The van der Waals surface area contributed by atoms with Crippen LogP contribution in [0.3, 0.4) is 0 Å². The van der Waals surface area contributed by atoms with Gasteiger partial charge in [0.25, 0.3) is 0 Å². The largest absolute Gasteiger partial charge is 0.497 e. The number of anilines is 1. The molecule has 1 aliphatic heterocycles. The van der Waals surface area contributed by atoms with Gasteiger partial charge in [-0.1, -0.05) is 38.1 Å². The lowest BCUT2D eigenvalue weighted by atomic mass is 9.82. The summed E-state index contributed by atoms with van der Waals surface area (Å²) < 4.78 is 19.8. The molecule has 4 rings (SSSR count). The van der Waals surface area contributed by atoms with Crippen LogP contribution in [0.25, 0.3) is 0 Å². The summed E-state index contributed by atoms with van der Waals surface area (Å²) in [6.45, 7) is 8.70. The Labute approximate surface area is 209 Å². The number of rotatable bonds is 8. The summed E-state index contributed by atoms with van der Waals surface area (Å²) in [6, 6.07) is 12.7. The number of methoxy groups -OCH3 is 1. The first-order chi connectivity index (χ1) is 16.8. The van der Waals surface area contributed by atoms with Gasteiger partial charge in [0, 0.05) is 55.6 Å². The van der Waals surface area contributed by atoms with Crippen LogP contribution in [-0.4, -0.2) is 49.2 Å². The second kappa shape index (κ2) is 11.2. The summed E-state index contributed by atoms with van der Waals surface area (Å²) in [6.07, 6.45) is 0. The van der Waals surface area contributed by atoms with Crippen molar-refractivity contribution in [3.8, 4) is 5.75 Å². The van der Waals surface area contributed by atoms with Crippen molar-refractivity contribution < 1.29 is 13.9 Å². The number of hydrogen-bond acceptors (Lipinski definition) is 6. The van der Waals surface area contributed by atoms with Gasteiger partial charge in [-0.25, -0.2) is 14.2 Å². The zero-order valence-electron chi connectivity index (χ0n) is 20.4. The minimum atomic E-state index is -0.376. The van der Waals surface area contributed by atoms with Crippen molar-refractivity contribution in [1.82, 2.24) is 20.5 Å². The lowest BCUT2D eigenvalue weighted by molar-refractivity contribution is 0.230. The van der Waals surface area contributed by atoms with E-state index < -0.39 is 0 Å². The van der Waals surface area contributed by atoms with Crippen LogP contribution in [0.5, 0.6) is 5.75 Å². The third kappa shape index (κ3) is 6.36. The topological polar surface area (TPSA) is 78.5 Å². The molecule has 2 aromatic carbocycles. The number of nitrogens with one attached hydrogen (secondary N) is 3. The Bertz CT molecular complexity index is 1140. The molecule has 0 radical (unpaired) electrons. The SMILES string of the molecule is COc1ccc(C(C)(C)c2csc(NC(=O)NCc3ccc(CN4CCNCC4)c(F)c3)n2)cc1. The summed E-state index contributed by atoms with van der Waals surface area (Å²) >= 11 is 1.37. The molecule has 1 aromatic heterocycles. The van der Waals surface area contributed by atoms with E-state index >= 15 is 0 Å². The van der Waals surface area contributed by atoms with E-state index in [4.69, 9.17) is 4.74 Å². The van der Waals surface area contributed by atoms with E-state index in [1.165, 1.54) is 17.4 Å². The molecule has 1 aliphatic rings. The molecule has 1 saturated heterocycles. The molecular formula is C26H32FN5O2S. The molecule has 3 aromatic rings. The quantitative estimate of drug-likeness (QED) is 0.432. The average molecular weight is 498 g/mol. The van der Waals surface area contributed by atoms with Crippen molar-refractivity contribution in [2.45, 2.75) is 32.4 Å². The normalized spacial score (nSPS) is 14.5. The Balaban J connectivity index is 1.31. The molecule has 2 heterocycles. The number of aromatic nitrogens is 1. The Kier molecular flexibility index (Phi) is 8.00. The number of amides is 2. The van der Waals surface area contributed by atoms with Crippen LogP contribution in [0.4, 0.5) is 14.3 Å². The van der Waals surface area contributed by atoms with E-state index in [0.717, 1.165) is 43.2 Å². The summed E-state index contributed by atoms with van der Waals surface area (Å²) in [5, 5.41) is 11.3. The van der Waals surface area contributed by atoms with E-state index in [0.29, 0.717) is 22.8 Å². The zero-order chi connectivity index (χ0) is 24.8. The minimum Gasteiger partial charge on any atom is -0.497 e. The summed E-state index contributed by atoms with van der Waals surface area (Å²) in [5.41, 5.74) is 3.02. The zero-order valence-corrected chi connectivity index (χ0v) is 21.2. The molecule has 7 nitrogen and oxygen atoms in total. The highest BCUT2D eigenvalue weighted by Crippen LogP contribution is 2.34. The second-order valence-corrected chi connectivity index (χ2v) is 10.0. The standard InChI is InChI=1S/C26H32FN5O2S/c1-26(2,20-6-8-21(34-3)9-7-20)23-17-35-25(30-23)31-24(33)29-15-18-4-5-19(22(27)14-18)16-32-12-10-28-11-13-32/h4-9,14,17,28H,10-13,15-16H2,1-3H3,(H2,29,30,31,33). The number of thiazole rings is 1. The van der Waals surface area contributed by atoms with Crippen LogP contribution >= 0.6 is 11.3 Å². The predicted octanol–water partition coefficient (Wildman–Crippen LogP) is 4.34. The van der Waals surface area contributed by atoms with Crippen molar-refractivity contribution >= 4 is 22.5 Å². The Morgan fingerprint density at radius 2 is 1.94 bits per heavy atom. The van der Waals surface area contributed by atoms with Gasteiger partial charge in [0.2, 0.25) is 0 Å². The molecule has 3 N–H and O–H groups in total. The maximum absolute atomic E-state index is 14.6. The molecule has 0 saturated carbocycles. The van der Waals surface area contributed by atoms with E-state index in [-0.39, 0.29) is 23.8 Å². The van der Waals surface area contributed by atoms with Crippen LogP contribution in [0.15, 0.2) is 47.8 Å². The van der Waals surface area contributed by atoms with Gasteiger partial charge >= 0.3 is 6.03 Å². The fourth-order valence-corrected chi connectivity index (χ4v) is 4.91. The molecule has 186 valence electrons. The van der Waals surface area contributed by atoms with Crippen LogP contribution in [-0.2, 0) is 18.5 Å². The molecule has 0 atom stereocenters. The third-order valence-corrected chi connectivity index (χ3v) is 7.11. The second-order valence-electron chi connectivity index (χ2n) is 9.15. The number of nitrogens with zero attached hydrogens (tertiary/aromatic N) is 2. The average Bonchev–Trinajstić information content (AvgIpc) is 3.34. The predicted molar refractivity (Wildman–Crippen MR) is 138 cm³/mol. The fourth-order valence-electron chi connectivity index (χ4n) is 4.04.